The molecule has 1 atom stereocenters. The normalized spacial score (nSPS) is 24.1. The van der Waals surface area contributed by atoms with Crippen molar-refractivity contribution in [2.75, 3.05) is 46.3 Å². The minimum absolute atomic E-state index is 0.674. The summed E-state index contributed by atoms with van der Waals surface area (Å²) in [4.78, 5) is 12.0. The predicted octanol–water partition coefficient (Wildman–Crippen LogP) is 1.74. The molecule has 0 amide bonds. The van der Waals surface area contributed by atoms with Crippen LogP contribution in [0.3, 0.4) is 0 Å². The van der Waals surface area contributed by atoms with E-state index >= 15 is 0 Å². The quantitative estimate of drug-likeness (QED) is 0.827. The number of hydrogen-bond acceptors (Lipinski definition) is 4. The van der Waals surface area contributed by atoms with Gasteiger partial charge in [-0.2, -0.15) is 0 Å². The van der Waals surface area contributed by atoms with Crippen molar-refractivity contribution in [2.45, 2.75) is 13.5 Å². The van der Waals surface area contributed by atoms with E-state index in [2.05, 4.69) is 64.0 Å². The summed E-state index contributed by atoms with van der Waals surface area (Å²) in [6, 6.07) is 10.8. The highest BCUT2D eigenvalue weighted by molar-refractivity contribution is 5.81. The van der Waals surface area contributed by atoms with E-state index in [-0.39, 0.29) is 0 Å². The number of hydrogen-bond donors (Lipinski definition) is 0. The number of aliphatic imine (C=N–C) groups is 1. The first-order chi connectivity index (χ1) is 10.2. The number of rotatable bonds is 2. The van der Waals surface area contributed by atoms with E-state index in [0.717, 1.165) is 39.3 Å². The predicted molar refractivity (Wildman–Crippen MR) is 87.4 cm³/mol. The Kier molecular flexibility index (Phi) is 4.44. The van der Waals surface area contributed by atoms with Gasteiger partial charge in [0.25, 0.3) is 0 Å². The lowest BCUT2D eigenvalue weighted by Gasteiger charge is -2.28. The lowest BCUT2D eigenvalue weighted by Crippen LogP contribution is -2.42. The zero-order chi connectivity index (χ0) is 14.7. The fraction of sp³-hybridized carbons (Fsp3) is 0.588. The lowest BCUT2D eigenvalue weighted by molar-refractivity contribution is 0.256. The summed E-state index contributed by atoms with van der Waals surface area (Å²) in [6.07, 6.45) is 0. The molecular formula is C17H26N4. The molecule has 0 radical (unpaired) electrons. The molecule has 2 heterocycles. The molecule has 0 aromatic heterocycles. The number of likely N-dealkylation sites (N-methyl/N-ethyl adjacent to an activating group) is 1. The maximum absolute atomic E-state index is 4.68. The van der Waals surface area contributed by atoms with Gasteiger partial charge in [0.1, 0.15) is 0 Å². The molecule has 4 heteroatoms. The minimum Gasteiger partial charge on any atom is -0.344 e. The van der Waals surface area contributed by atoms with Crippen LogP contribution in [0, 0.1) is 5.92 Å². The van der Waals surface area contributed by atoms with Gasteiger partial charge < -0.3 is 9.80 Å². The molecule has 1 saturated heterocycles. The Morgan fingerprint density at radius 1 is 1.10 bits per heavy atom. The van der Waals surface area contributed by atoms with Crippen molar-refractivity contribution in [3.63, 3.8) is 0 Å². The van der Waals surface area contributed by atoms with Crippen LogP contribution in [-0.2, 0) is 6.54 Å². The molecule has 4 nitrogen and oxygen atoms in total. The van der Waals surface area contributed by atoms with Gasteiger partial charge in [0.15, 0.2) is 5.96 Å². The van der Waals surface area contributed by atoms with Gasteiger partial charge in [-0.3, -0.25) is 9.89 Å². The van der Waals surface area contributed by atoms with Crippen molar-refractivity contribution < 1.29 is 0 Å². The number of guanidine groups is 1. The van der Waals surface area contributed by atoms with Gasteiger partial charge >= 0.3 is 0 Å². The Balaban J connectivity index is 1.63. The Morgan fingerprint density at radius 2 is 1.90 bits per heavy atom. The zero-order valence-electron chi connectivity index (χ0n) is 13.2. The molecule has 1 aromatic rings. The molecule has 0 saturated carbocycles. The van der Waals surface area contributed by atoms with Crippen molar-refractivity contribution in [1.82, 2.24) is 14.7 Å². The standard InChI is InChI=1S/C17H26N4/c1-15-12-20(14-16-6-4-3-5-7-16)10-11-21(13-15)17-18-8-9-19(17)2/h3-7,15H,8-14H2,1-2H3. The highest BCUT2D eigenvalue weighted by Gasteiger charge is 2.25. The summed E-state index contributed by atoms with van der Waals surface area (Å²) in [6.45, 7) is 9.91. The third-order valence-corrected chi connectivity index (χ3v) is 4.35. The third kappa shape index (κ3) is 3.56. The van der Waals surface area contributed by atoms with Gasteiger partial charge in [-0.05, 0) is 11.5 Å². The smallest absolute Gasteiger partial charge is 0.196 e. The number of nitrogens with zero attached hydrogens (tertiary/aromatic N) is 4. The Morgan fingerprint density at radius 3 is 2.62 bits per heavy atom. The van der Waals surface area contributed by atoms with Crippen LogP contribution in [-0.4, -0.2) is 67.0 Å². The van der Waals surface area contributed by atoms with Crippen LogP contribution < -0.4 is 0 Å². The Labute approximate surface area is 128 Å². The summed E-state index contributed by atoms with van der Waals surface area (Å²) in [5, 5.41) is 0. The highest BCUT2D eigenvalue weighted by atomic mass is 15.4. The van der Waals surface area contributed by atoms with Crippen LogP contribution >= 0.6 is 0 Å². The molecule has 1 aromatic carbocycles. The monoisotopic (exact) mass is 286 g/mol. The van der Waals surface area contributed by atoms with Crippen molar-refractivity contribution in [1.29, 1.82) is 0 Å². The first-order valence-electron chi connectivity index (χ1n) is 7.99. The molecule has 0 bridgehead atoms. The summed E-state index contributed by atoms with van der Waals surface area (Å²) >= 11 is 0. The van der Waals surface area contributed by atoms with Gasteiger partial charge in [0.2, 0.25) is 0 Å². The van der Waals surface area contributed by atoms with Crippen molar-refractivity contribution >= 4 is 5.96 Å². The van der Waals surface area contributed by atoms with Gasteiger partial charge in [-0.1, -0.05) is 37.3 Å². The second-order valence-corrected chi connectivity index (χ2v) is 6.38. The molecule has 2 aliphatic heterocycles. The largest absolute Gasteiger partial charge is 0.344 e. The molecule has 0 spiro atoms. The van der Waals surface area contributed by atoms with E-state index in [9.17, 15) is 0 Å². The maximum atomic E-state index is 4.68. The fourth-order valence-electron chi connectivity index (χ4n) is 3.35. The third-order valence-electron chi connectivity index (χ3n) is 4.35. The molecule has 2 aliphatic rings. The highest BCUT2D eigenvalue weighted by Crippen LogP contribution is 2.15. The van der Waals surface area contributed by atoms with Crippen LogP contribution in [0.2, 0.25) is 0 Å². The van der Waals surface area contributed by atoms with E-state index in [4.69, 9.17) is 0 Å². The molecule has 3 rings (SSSR count). The molecular weight excluding hydrogens is 260 g/mol. The number of benzene rings is 1. The van der Waals surface area contributed by atoms with Crippen LogP contribution in [0.25, 0.3) is 0 Å². The average Bonchev–Trinajstić information content (AvgIpc) is 2.81. The van der Waals surface area contributed by atoms with Crippen molar-refractivity contribution in [3.05, 3.63) is 35.9 Å². The molecule has 1 unspecified atom stereocenters. The molecule has 0 N–H and O–H groups in total. The van der Waals surface area contributed by atoms with Gasteiger partial charge in [-0.25, -0.2) is 0 Å². The molecule has 21 heavy (non-hydrogen) atoms. The first kappa shape index (κ1) is 14.4. The zero-order valence-corrected chi connectivity index (χ0v) is 13.2. The van der Waals surface area contributed by atoms with Crippen molar-refractivity contribution in [2.24, 2.45) is 10.9 Å². The Bertz CT molecular complexity index is 485. The van der Waals surface area contributed by atoms with Crippen LogP contribution in [0.4, 0.5) is 0 Å². The van der Waals surface area contributed by atoms with Crippen LogP contribution in [0.15, 0.2) is 35.3 Å². The van der Waals surface area contributed by atoms with E-state index < -0.39 is 0 Å². The van der Waals surface area contributed by atoms with E-state index in [1.807, 2.05) is 0 Å². The first-order valence-corrected chi connectivity index (χ1v) is 7.99. The maximum Gasteiger partial charge on any atom is 0.196 e. The second kappa shape index (κ2) is 6.48. The van der Waals surface area contributed by atoms with Gasteiger partial charge in [0, 0.05) is 46.3 Å². The minimum atomic E-state index is 0.674. The lowest BCUT2D eigenvalue weighted by atomic mass is 10.1. The van der Waals surface area contributed by atoms with Crippen LogP contribution in [0.5, 0.6) is 0 Å². The van der Waals surface area contributed by atoms with E-state index in [1.54, 1.807) is 0 Å². The summed E-state index contributed by atoms with van der Waals surface area (Å²) in [5.41, 5.74) is 1.41. The summed E-state index contributed by atoms with van der Waals surface area (Å²) in [5.74, 6) is 1.87. The topological polar surface area (TPSA) is 22.1 Å². The van der Waals surface area contributed by atoms with E-state index in [1.165, 1.54) is 18.1 Å². The summed E-state index contributed by atoms with van der Waals surface area (Å²) in [7, 11) is 2.16. The van der Waals surface area contributed by atoms with Crippen LogP contribution in [0.1, 0.15) is 12.5 Å². The average molecular weight is 286 g/mol. The Hall–Kier alpha value is -1.55. The second-order valence-electron chi connectivity index (χ2n) is 6.38. The van der Waals surface area contributed by atoms with Crippen molar-refractivity contribution in [3.8, 4) is 0 Å². The molecule has 1 fully saturated rings. The van der Waals surface area contributed by atoms with Gasteiger partial charge in [-0.15, -0.1) is 0 Å². The molecule has 0 aliphatic carbocycles. The summed E-state index contributed by atoms with van der Waals surface area (Å²) < 4.78 is 0. The SMILES string of the molecule is CC1CN(Cc2ccccc2)CCN(C2=NCCN2C)C1. The van der Waals surface area contributed by atoms with Gasteiger partial charge in [0.05, 0.1) is 6.54 Å². The molecule has 114 valence electrons. The van der Waals surface area contributed by atoms with E-state index in [0.29, 0.717) is 5.92 Å². The fourth-order valence-corrected chi connectivity index (χ4v) is 3.35.